The summed E-state index contributed by atoms with van der Waals surface area (Å²) in [7, 11) is 0. The van der Waals surface area contributed by atoms with Crippen LogP contribution in [-0.2, 0) is 12.8 Å². The number of aromatic nitrogens is 5. The number of hydrogen-bond acceptors (Lipinski definition) is 6. The molecular weight excluding hydrogens is 419 g/mol. The molecule has 0 spiro atoms. The molecule has 0 unspecified atom stereocenters. The van der Waals surface area contributed by atoms with Gasteiger partial charge < -0.3 is 10.3 Å². The van der Waals surface area contributed by atoms with Crippen LogP contribution >= 0.6 is 0 Å². The van der Waals surface area contributed by atoms with Gasteiger partial charge >= 0.3 is 0 Å². The van der Waals surface area contributed by atoms with E-state index in [1.807, 2.05) is 19.1 Å². The Bertz CT molecular complexity index is 1290. The van der Waals surface area contributed by atoms with Gasteiger partial charge in [0.2, 0.25) is 5.95 Å². The number of aryl methyl sites for hydroxylation is 1. The molecule has 33 heavy (non-hydrogen) atoms. The van der Waals surface area contributed by atoms with Crippen molar-refractivity contribution in [3.8, 4) is 0 Å². The van der Waals surface area contributed by atoms with E-state index in [9.17, 15) is 9.18 Å². The lowest BCUT2D eigenvalue weighted by molar-refractivity contribution is 0.103. The molecule has 0 aromatic carbocycles. The molecule has 0 saturated heterocycles. The molecule has 0 atom stereocenters. The van der Waals surface area contributed by atoms with Crippen LogP contribution < -0.4 is 5.32 Å². The number of anilines is 1. The second kappa shape index (κ2) is 9.05. The van der Waals surface area contributed by atoms with E-state index in [1.54, 1.807) is 18.5 Å². The number of ketones is 1. The van der Waals surface area contributed by atoms with E-state index in [-0.39, 0.29) is 5.56 Å². The summed E-state index contributed by atoms with van der Waals surface area (Å²) in [6.07, 6.45) is 10.6. The summed E-state index contributed by atoms with van der Waals surface area (Å²) in [5.41, 5.74) is 3.29. The van der Waals surface area contributed by atoms with Crippen LogP contribution in [0.1, 0.15) is 65.5 Å². The van der Waals surface area contributed by atoms with Crippen LogP contribution in [-0.4, -0.2) is 36.7 Å². The molecule has 8 heteroatoms. The summed E-state index contributed by atoms with van der Waals surface area (Å²) >= 11 is 0. The molecule has 0 aliphatic heterocycles. The van der Waals surface area contributed by atoms with Crippen LogP contribution in [0.2, 0.25) is 0 Å². The van der Waals surface area contributed by atoms with Crippen molar-refractivity contribution >= 4 is 22.6 Å². The highest BCUT2D eigenvalue weighted by molar-refractivity contribution is 6.18. The monoisotopic (exact) mass is 444 g/mol. The molecule has 0 amide bonds. The highest BCUT2D eigenvalue weighted by Gasteiger charge is 2.23. The normalized spacial score (nSPS) is 14.1. The zero-order valence-corrected chi connectivity index (χ0v) is 18.4. The van der Waals surface area contributed by atoms with Crippen molar-refractivity contribution in [2.75, 3.05) is 5.32 Å². The van der Waals surface area contributed by atoms with Gasteiger partial charge in [-0.3, -0.25) is 9.78 Å². The summed E-state index contributed by atoms with van der Waals surface area (Å²) in [6, 6.07) is 7.43. The molecule has 4 aromatic rings. The molecular formula is C25H25FN6O. The smallest absolute Gasteiger partial charge is 0.224 e. The zero-order valence-electron chi connectivity index (χ0n) is 18.4. The van der Waals surface area contributed by atoms with E-state index in [0.29, 0.717) is 40.6 Å². The fourth-order valence-corrected chi connectivity index (χ4v) is 4.38. The Kier molecular flexibility index (Phi) is 5.81. The lowest BCUT2D eigenvalue weighted by Crippen LogP contribution is -2.16. The number of halogens is 1. The topological polar surface area (TPSA) is 96.5 Å². The van der Waals surface area contributed by atoms with Crippen LogP contribution in [0.5, 0.6) is 0 Å². The molecule has 0 radical (unpaired) electrons. The van der Waals surface area contributed by atoms with Gasteiger partial charge in [-0.05, 0) is 43.0 Å². The van der Waals surface area contributed by atoms with Crippen molar-refractivity contribution in [1.82, 2.24) is 24.9 Å². The Balaban J connectivity index is 1.42. The van der Waals surface area contributed by atoms with Gasteiger partial charge in [0.25, 0.3) is 0 Å². The largest absolute Gasteiger partial charge is 0.367 e. The number of nitrogens with zero attached hydrogens (tertiary/aromatic N) is 4. The third-order valence-electron chi connectivity index (χ3n) is 6.19. The summed E-state index contributed by atoms with van der Waals surface area (Å²) in [6.45, 7) is 2.04. The molecule has 5 rings (SSSR count). The summed E-state index contributed by atoms with van der Waals surface area (Å²) in [4.78, 5) is 33.3. The average Bonchev–Trinajstić information content (AvgIpc) is 3.50. The number of fused-ring (bicyclic) bond motifs is 1. The molecule has 2 N–H and O–H groups in total. The van der Waals surface area contributed by atoms with Gasteiger partial charge in [-0.25, -0.2) is 15.0 Å². The molecule has 1 aliphatic carbocycles. The molecule has 1 fully saturated rings. The number of nitrogens with one attached hydrogen (secondary N) is 2. The average molecular weight is 445 g/mol. The molecule has 1 aliphatic rings. The van der Waals surface area contributed by atoms with E-state index in [2.05, 4.69) is 30.2 Å². The minimum Gasteiger partial charge on any atom is -0.367 e. The molecule has 168 valence electrons. The number of hydrogen-bond donors (Lipinski definition) is 2. The number of carbonyl (C=O) groups excluding carboxylic acids is 1. The minimum absolute atomic E-state index is 0.0743. The first-order valence-corrected chi connectivity index (χ1v) is 11.3. The lowest BCUT2D eigenvalue weighted by atomic mass is 10.0. The van der Waals surface area contributed by atoms with Crippen LogP contribution in [0.4, 0.5) is 10.2 Å². The van der Waals surface area contributed by atoms with Gasteiger partial charge in [-0.15, -0.1) is 0 Å². The van der Waals surface area contributed by atoms with Gasteiger partial charge in [-0.1, -0.05) is 25.8 Å². The van der Waals surface area contributed by atoms with Crippen molar-refractivity contribution in [1.29, 1.82) is 0 Å². The predicted octanol–water partition coefficient (Wildman–Crippen LogP) is 4.63. The quantitative estimate of drug-likeness (QED) is 0.319. The number of carbonyl (C=O) groups is 1. The highest BCUT2D eigenvalue weighted by Crippen LogP contribution is 2.29. The maximum Gasteiger partial charge on any atom is 0.224 e. The second-order valence-corrected chi connectivity index (χ2v) is 8.43. The molecule has 1 saturated carbocycles. The fourth-order valence-electron chi connectivity index (χ4n) is 4.38. The maximum absolute atomic E-state index is 14.9. The Hall–Kier alpha value is -3.68. The summed E-state index contributed by atoms with van der Waals surface area (Å²) in [5.74, 6) is -0.632. The number of rotatable bonds is 7. The van der Waals surface area contributed by atoms with E-state index in [1.165, 1.54) is 25.2 Å². The van der Waals surface area contributed by atoms with E-state index in [0.717, 1.165) is 30.5 Å². The van der Waals surface area contributed by atoms with Crippen LogP contribution in [0.15, 0.2) is 43.0 Å². The van der Waals surface area contributed by atoms with E-state index in [4.69, 9.17) is 0 Å². The van der Waals surface area contributed by atoms with Crippen molar-refractivity contribution in [3.63, 3.8) is 0 Å². The number of aromatic amines is 1. The second-order valence-electron chi connectivity index (χ2n) is 8.43. The van der Waals surface area contributed by atoms with E-state index < -0.39 is 11.7 Å². The first-order valence-electron chi connectivity index (χ1n) is 11.3. The first kappa shape index (κ1) is 21.2. The fraction of sp³-hybridized carbons (Fsp3) is 0.320. The van der Waals surface area contributed by atoms with Gasteiger partial charge in [0.15, 0.2) is 5.78 Å². The van der Waals surface area contributed by atoms with Crippen molar-refractivity contribution in [2.24, 2.45) is 0 Å². The van der Waals surface area contributed by atoms with Gasteiger partial charge in [0, 0.05) is 36.2 Å². The predicted molar refractivity (Wildman–Crippen MR) is 124 cm³/mol. The third kappa shape index (κ3) is 4.33. The van der Waals surface area contributed by atoms with E-state index >= 15 is 0 Å². The van der Waals surface area contributed by atoms with Gasteiger partial charge in [0.05, 0.1) is 16.5 Å². The maximum atomic E-state index is 14.9. The SMILES string of the molecule is CCc1ccc(Cc2ccc(C(=O)c3c[nH]c4ncnc(NC5CCCC5)c34)c(F)n2)cn1. The number of H-pyrrole nitrogens is 1. The third-order valence-corrected chi connectivity index (χ3v) is 6.19. The molecule has 7 nitrogen and oxygen atoms in total. The van der Waals surface area contributed by atoms with Crippen LogP contribution in [0.25, 0.3) is 11.0 Å². The molecule has 4 aromatic heterocycles. The molecule has 0 bridgehead atoms. The standard InChI is InChI=1S/C25H25FN6O/c1-2-16-8-7-15(12-27-16)11-18-9-10-19(23(26)31-18)22(33)20-13-28-24-21(20)25(30-14-29-24)32-17-5-3-4-6-17/h7-10,12-14,17H,2-6,11H2,1H3,(H2,28,29,30,32). The Morgan fingerprint density at radius 2 is 1.91 bits per heavy atom. The Labute approximate surface area is 190 Å². The van der Waals surface area contributed by atoms with Crippen LogP contribution in [0, 0.1) is 5.95 Å². The molecule has 4 heterocycles. The zero-order chi connectivity index (χ0) is 22.8. The summed E-state index contributed by atoms with van der Waals surface area (Å²) in [5, 5.41) is 4.02. The lowest BCUT2D eigenvalue weighted by Gasteiger charge is -2.13. The Morgan fingerprint density at radius 1 is 1.09 bits per heavy atom. The first-order chi connectivity index (χ1) is 16.1. The van der Waals surface area contributed by atoms with Crippen molar-refractivity contribution in [3.05, 3.63) is 77.0 Å². The van der Waals surface area contributed by atoms with Crippen LogP contribution in [0.3, 0.4) is 0 Å². The Morgan fingerprint density at radius 3 is 2.64 bits per heavy atom. The van der Waals surface area contributed by atoms with Gasteiger partial charge in [0.1, 0.15) is 17.8 Å². The number of pyridine rings is 2. The van der Waals surface area contributed by atoms with Crippen molar-refractivity contribution < 1.29 is 9.18 Å². The van der Waals surface area contributed by atoms with Crippen molar-refractivity contribution in [2.45, 2.75) is 51.5 Å². The van der Waals surface area contributed by atoms with Gasteiger partial charge in [-0.2, -0.15) is 4.39 Å². The minimum atomic E-state index is -0.785. The summed E-state index contributed by atoms with van der Waals surface area (Å²) < 4.78 is 14.9. The highest BCUT2D eigenvalue weighted by atomic mass is 19.1.